The standard InChI is InChI=1S/C24H31N2/c1-16(23-8-17-2-18(9-23)5-21(4-17,12-23)14-25)24-10-19-3-20(11-24)7-22(6-19,13-24)15-26/h17-20H,2-13H2,1H3. The van der Waals surface area contributed by atoms with E-state index in [1.165, 1.54) is 64.2 Å². The Morgan fingerprint density at radius 1 is 0.654 bits per heavy atom. The van der Waals surface area contributed by atoms with Gasteiger partial charge in [-0.3, -0.25) is 0 Å². The molecule has 0 aromatic carbocycles. The van der Waals surface area contributed by atoms with Gasteiger partial charge in [0.1, 0.15) is 0 Å². The number of hydrogen-bond donors (Lipinski definition) is 0. The van der Waals surface area contributed by atoms with E-state index in [-0.39, 0.29) is 10.8 Å². The molecule has 8 fully saturated rings. The first kappa shape index (κ1) is 16.0. The fourth-order valence-electron chi connectivity index (χ4n) is 10.2. The van der Waals surface area contributed by atoms with Crippen LogP contribution in [-0.4, -0.2) is 0 Å². The van der Waals surface area contributed by atoms with Crippen molar-refractivity contribution < 1.29 is 0 Å². The molecule has 0 aromatic rings. The highest BCUT2D eigenvalue weighted by molar-refractivity contribution is 5.29. The molecule has 8 saturated carbocycles. The fourth-order valence-corrected chi connectivity index (χ4v) is 10.2. The average Bonchev–Trinajstić information content (AvgIpc) is 2.59. The summed E-state index contributed by atoms with van der Waals surface area (Å²) in [6, 6.07) is 5.63. The molecule has 0 aliphatic heterocycles. The quantitative estimate of drug-likeness (QED) is 0.633. The van der Waals surface area contributed by atoms with Crippen LogP contribution in [0.5, 0.6) is 0 Å². The number of nitrogens with zero attached hydrogens (tertiary/aromatic N) is 2. The van der Waals surface area contributed by atoms with Crippen LogP contribution in [0.3, 0.4) is 0 Å². The Kier molecular flexibility index (Phi) is 2.88. The second-order valence-electron chi connectivity index (χ2n) is 11.9. The number of hydrogen-bond acceptors (Lipinski definition) is 2. The van der Waals surface area contributed by atoms with Crippen LogP contribution in [0.1, 0.15) is 84.0 Å². The molecular formula is C24H31N2. The van der Waals surface area contributed by atoms with Gasteiger partial charge in [-0.15, -0.1) is 0 Å². The first-order valence-corrected chi connectivity index (χ1v) is 11.1. The summed E-state index contributed by atoms with van der Waals surface area (Å²) >= 11 is 0. The third-order valence-electron chi connectivity index (χ3n) is 10.2. The van der Waals surface area contributed by atoms with E-state index < -0.39 is 0 Å². The highest BCUT2D eigenvalue weighted by Crippen LogP contribution is 2.75. The normalized spacial score (nSPS) is 58.8. The van der Waals surface area contributed by atoms with Crippen molar-refractivity contribution in [3.05, 3.63) is 5.92 Å². The van der Waals surface area contributed by atoms with Gasteiger partial charge in [0.2, 0.25) is 0 Å². The van der Waals surface area contributed by atoms with E-state index in [1.807, 2.05) is 0 Å². The summed E-state index contributed by atoms with van der Waals surface area (Å²) in [7, 11) is 0. The van der Waals surface area contributed by atoms with Gasteiger partial charge < -0.3 is 0 Å². The van der Waals surface area contributed by atoms with E-state index in [0.29, 0.717) is 10.8 Å². The molecule has 1 radical (unpaired) electrons. The van der Waals surface area contributed by atoms with Gasteiger partial charge in [-0.05, 0) is 117 Å². The maximum absolute atomic E-state index is 10.0. The summed E-state index contributed by atoms with van der Waals surface area (Å²) in [6.07, 6.45) is 15.2. The van der Waals surface area contributed by atoms with Crippen LogP contribution >= 0.6 is 0 Å². The van der Waals surface area contributed by atoms with E-state index in [4.69, 9.17) is 0 Å². The molecule has 0 heterocycles. The second kappa shape index (κ2) is 4.69. The molecule has 8 aliphatic carbocycles. The van der Waals surface area contributed by atoms with Crippen molar-refractivity contribution in [1.82, 2.24) is 0 Å². The Morgan fingerprint density at radius 3 is 1.31 bits per heavy atom. The minimum Gasteiger partial charge on any atom is -0.198 e. The van der Waals surface area contributed by atoms with E-state index in [9.17, 15) is 10.5 Å². The minimum atomic E-state index is -0.0133. The molecular weight excluding hydrogens is 316 g/mol. The molecule has 0 N–H and O–H groups in total. The fraction of sp³-hybridized carbons (Fsp3) is 0.875. The first-order valence-electron chi connectivity index (χ1n) is 11.1. The zero-order valence-electron chi connectivity index (χ0n) is 16.2. The van der Waals surface area contributed by atoms with Crippen molar-refractivity contribution in [1.29, 1.82) is 10.5 Å². The van der Waals surface area contributed by atoms with Gasteiger partial charge in [-0.1, -0.05) is 6.92 Å². The molecule has 0 amide bonds. The van der Waals surface area contributed by atoms with Crippen LogP contribution in [0.15, 0.2) is 0 Å². The van der Waals surface area contributed by atoms with Gasteiger partial charge in [-0.2, -0.15) is 10.5 Å². The van der Waals surface area contributed by atoms with E-state index in [2.05, 4.69) is 19.1 Å². The maximum Gasteiger partial charge on any atom is 0.0690 e. The minimum absolute atomic E-state index is 0.0133. The van der Waals surface area contributed by atoms with Gasteiger partial charge in [0.05, 0.1) is 23.0 Å². The molecule has 8 aliphatic rings. The predicted molar refractivity (Wildman–Crippen MR) is 99.2 cm³/mol. The smallest absolute Gasteiger partial charge is 0.0690 e. The summed E-state index contributed by atoms with van der Waals surface area (Å²) in [4.78, 5) is 0. The highest BCUT2D eigenvalue weighted by Gasteiger charge is 2.66. The van der Waals surface area contributed by atoms with Crippen LogP contribution in [0, 0.1) is 73.9 Å². The topological polar surface area (TPSA) is 47.6 Å². The van der Waals surface area contributed by atoms with Crippen LogP contribution in [0.2, 0.25) is 0 Å². The van der Waals surface area contributed by atoms with Crippen LogP contribution < -0.4 is 0 Å². The van der Waals surface area contributed by atoms with Crippen molar-refractivity contribution in [2.75, 3.05) is 0 Å². The van der Waals surface area contributed by atoms with Crippen molar-refractivity contribution in [3.63, 3.8) is 0 Å². The third kappa shape index (κ3) is 1.87. The van der Waals surface area contributed by atoms with E-state index in [0.717, 1.165) is 36.5 Å². The van der Waals surface area contributed by atoms with Crippen molar-refractivity contribution in [2.24, 2.45) is 45.3 Å². The monoisotopic (exact) mass is 347 g/mol. The molecule has 8 bridgehead atoms. The summed E-state index contributed by atoms with van der Waals surface area (Å²) in [5.41, 5.74) is 0.644. The molecule has 26 heavy (non-hydrogen) atoms. The molecule has 0 saturated heterocycles. The molecule has 137 valence electrons. The van der Waals surface area contributed by atoms with Gasteiger partial charge in [-0.25, -0.2) is 0 Å². The second-order valence-corrected chi connectivity index (χ2v) is 11.9. The molecule has 8 rings (SSSR count). The molecule has 4 unspecified atom stereocenters. The molecule has 2 heteroatoms. The number of nitriles is 2. The summed E-state index contributed by atoms with van der Waals surface area (Å²) in [5.74, 6) is 4.95. The largest absolute Gasteiger partial charge is 0.198 e. The third-order valence-corrected chi connectivity index (χ3v) is 10.2. The van der Waals surface area contributed by atoms with Gasteiger partial charge >= 0.3 is 0 Å². The summed E-state index contributed by atoms with van der Waals surface area (Å²) in [5, 5.41) is 20.1. The lowest BCUT2D eigenvalue weighted by molar-refractivity contribution is -0.130. The molecule has 4 atom stereocenters. The summed E-state index contributed by atoms with van der Waals surface area (Å²) in [6.45, 7) is 2.50. The Labute approximate surface area is 158 Å². The Balaban J connectivity index is 1.39. The lowest BCUT2D eigenvalue weighted by Gasteiger charge is -2.68. The highest BCUT2D eigenvalue weighted by atomic mass is 14.7. The Hall–Kier alpha value is -1.02. The Bertz CT molecular complexity index is 646. The van der Waals surface area contributed by atoms with Gasteiger partial charge in [0, 0.05) is 0 Å². The van der Waals surface area contributed by atoms with Crippen LogP contribution in [0.25, 0.3) is 0 Å². The van der Waals surface area contributed by atoms with Crippen molar-refractivity contribution in [2.45, 2.75) is 84.0 Å². The molecule has 2 nitrogen and oxygen atoms in total. The van der Waals surface area contributed by atoms with Gasteiger partial charge in [0.25, 0.3) is 0 Å². The zero-order valence-corrected chi connectivity index (χ0v) is 16.2. The summed E-state index contributed by atoms with van der Waals surface area (Å²) < 4.78 is 0. The number of rotatable bonds is 2. The molecule has 0 aromatic heterocycles. The average molecular weight is 348 g/mol. The first-order chi connectivity index (χ1) is 12.4. The lowest BCUT2D eigenvalue weighted by Crippen LogP contribution is -2.60. The van der Waals surface area contributed by atoms with E-state index >= 15 is 0 Å². The SMILES string of the molecule is C[C](C12CC3CC(CC(C#N)(C3)C1)C2)C12CC3CC(CC(C#N)(C3)C1)C2. The lowest BCUT2D eigenvalue weighted by atomic mass is 9.35. The zero-order chi connectivity index (χ0) is 17.8. The predicted octanol–water partition coefficient (Wildman–Crippen LogP) is 5.80. The van der Waals surface area contributed by atoms with Crippen molar-refractivity contribution >= 4 is 0 Å². The van der Waals surface area contributed by atoms with Crippen LogP contribution in [-0.2, 0) is 0 Å². The van der Waals surface area contributed by atoms with Crippen LogP contribution in [0.4, 0.5) is 0 Å². The van der Waals surface area contributed by atoms with Gasteiger partial charge in [0.15, 0.2) is 0 Å². The van der Waals surface area contributed by atoms with E-state index in [1.54, 1.807) is 5.92 Å². The van der Waals surface area contributed by atoms with Crippen molar-refractivity contribution in [3.8, 4) is 12.1 Å². The maximum atomic E-state index is 10.0. The molecule has 0 spiro atoms. The Morgan fingerprint density at radius 2 is 1.00 bits per heavy atom.